The number of nitrogens with one attached hydrogen (secondary N) is 1. The van der Waals surface area contributed by atoms with Gasteiger partial charge in [-0.1, -0.05) is 0 Å². The number of amides is 2. The van der Waals surface area contributed by atoms with E-state index in [9.17, 15) is 22.8 Å². The molecule has 1 unspecified atom stereocenters. The van der Waals surface area contributed by atoms with Crippen LogP contribution in [-0.2, 0) is 10.9 Å². The molecular formula is C24H25F3N6O4. The summed E-state index contributed by atoms with van der Waals surface area (Å²) in [6.07, 6.45) is -2.37. The van der Waals surface area contributed by atoms with E-state index >= 15 is 0 Å². The van der Waals surface area contributed by atoms with E-state index in [4.69, 9.17) is 9.47 Å². The van der Waals surface area contributed by atoms with Crippen LogP contribution in [0, 0.1) is 0 Å². The molecule has 1 aliphatic heterocycles. The average Bonchev–Trinajstić information content (AvgIpc) is 3.25. The molecule has 0 saturated heterocycles. The molecule has 10 nitrogen and oxygen atoms in total. The zero-order valence-corrected chi connectivity index (χ0v) is 20.8. The summed E-state index contributed by atoms with van der Waals surface area (Å²) in [7, 11) is 1.08. The topological polar surface area (TPSA) is 111 Å². The zero-order valence-electron chi connectivity index (χ0n) is 20.8. The first-order chi connectivity index (χ1) is 17.3. The SMILES string of the molecule is COc1nc(N2CC(C)n3ncc(-c4ccnc(NC(=O)OC(C)(C)C)c4)c3C2=O)ccc1C(F)(F)F. The number of hydrogen-bond donors (Lipinski definition) is 1. The molecule has 196 valence electrons. The van der Waals surface area contributed by atoms with Gasteiger partial charge in [0.1, 0.15) is 28.5 Å². The lowest BCUT2D eigenvalue weighted by atomic mass is 10.0. The van der Waals surface area contributed by atoms with Gasteiger partial charge in [-0.05, 0) is 57.5 Å². The highest BCUT2D eigenvalue weighted by molar-refractivity contribution is 6.09. The van der Waals surface area contributed by atoms with Gasteiger partial charge in [0.05, 0.1) is 19.3 Å². The van der Waals surface area contributed by atoms with Gasteiger partial charge in [-0.2, -0.15) is 23.3 Å². The molecule has 0 radical (unpaired) electrons. The van der Waals surface area contributed by atoms with Crippen molar-refractivity contribution in [2.75, 3.05) is 23.9 Å². The number of halogens is 3. The highest BCUT2D eigenvalue weighted by atomic mass is 19.4. The van der Waals surface area contributed by atoms with Crippen LogP contribution in [0.15, 0.2) is 36.7 Å². The molecule has 0 aliphatic carbocycles. The van der Waals surface area contributed by atoms with Gasteiger partial charge in [-0.25, -0.2) is 9.78 Å². The van der Waals surface area contributed by atoms with Gasteiger partial charge >= 0.3 is 12.3 Å². The Bertz CT molecular complexity index is 1350. The largest absolute Gasteiger partial charge is 0.481 e. The Hall–Kier alpha value is -4.16. The first kappa shape index (κ1) is 25.9. The third-order valence-electron chi connectivity index (χ3n) is 5.43. The van der Waals surface area contributed by atoms with E-state index in [0.717, 1.165) is 19.2 Å². The Labute approximate surface area is 210 Å². The molecule has 4 rings (SSSR count). The number of carbonyl (C=O) groups is 2. The van der Waals surface area contributed by atoms with Gasteiger partial charge in [0.15, 0.2) is 0 Å². The fourth-order valence-corrected chi connectivity index (χ4v) is 3.90. The number of nitrogens with zero attached hydrogens (tertiary/aromatic N) is 5. The third-order valence-corrected chi connectivity index (χ3v) is 5.43. The number of pyridine rings is 2. The predicted molar refractivity (Wildman–Crippen MR) is 127 cm³/mol. The van der Waals surface area contributed by atoms with Gasteiger partial charge in [0.2, 0.25) is 5.88 Å². The third kappa shape index (κ3) is 5.34. The van der Waals surface area contributed by atoms with Gasteiger partial charge in [-0.3, -0.25) is 19.7 Å². The number of carbonyl (C=O) groups excluding carboxylic acids is 2. The molecule has 1 atom stereocenters. The maximum absolute atomic E-state index is 13.6. The van der Waals surface area contributed by atoms with Crippen molar-refractivity contribution < 1.29 is 32.2 Å². The summed E-state index contributed by atoms with van der Waals surface area (Å²) in [6, 6.07) is 4.88. The molecule has 3 aromatic heterocycles. The standard InChI is InChI=1S/C24H25F3N6O4/c1-13-12-32(18-7-6-16(24(25,26)27)20(31-18)36-5)21(34)19-15(11-29-33(13)19)14-8-9-28-17(10-14)30-22(35)37-23(2,3)4/h6-11,13H,12H2,1-5H3,(H,28,30,35). The summed E-state index contributed by atoms with van der Waals surface area (Å²) >= 11 is 0. The van der Waals surface area contributed by atoms with Crippen LogP contribution in [0.25, 0.3) is 11.1 Å². The van der Waals surface area contributed by atoms with E-state index in [-0.39, 0.29) is 29.9 Å². The van der Waals surface area contributed by atoms with E-state index in [1.807, 2.05) is 6.92 Å². The maximum Gasteiger partial charge on any atom is 0.421 e. The van der Waals surface area contributed by atoms with Crippen LogP contribution in [0.2, 0.25) is 0 Å². The van der Waals surface area contributed by atoms with Crippen LogP contribution in [0.1, 0.15) is 49.8 Å². The zero-order chi connectivity index (χ0) is 27.1. The number of rotatable bonds is 4. The molecule has 1 N–H and O–H groups in total. The van der Waals surface area contributed by atoms with Crippen molar-refractivity contribution in [3.05, 3.63) is 47.9 Å². The predicted octanol–water partition coefficient (Wildman–Crippen LogP) is 4.94. The first-order valence-corrected chi connectivity index (χ1v) is 11.3. The highest BCUT2D eigenvalue weighted by Gasteiger charge is 2.38. The second kappa shape index (κ2) is 9.37. The minimum Gasteiger partial charge on any atom is -0.481 e. The summed E-state index contributed by atoms with van der Waals surface area (Å²) in [5, 5.41) is 6.91. The Kier molecular flexibility index (Phi) is 6.57. The normalized spacial score (nSPS) is 15.8. The summed E-state index contributed by atoms with van der Waals surface area (Å²) in [5.74, 6) is -0.911. The second-order valence-electron chi connectivity index (χ2n) is 9.40. The molecule has 0 aromatic carbocycles. The molecule has 0 bridgehead atoms. The van der Waals surface area contributed by atoms with Gasteiger partial charge in [0, 0.05) is 18.3 Å². The minimum absolute atomic E-state index is 0.0158. The fourth-order valence-electron chi connectivity index (χ4n) is 3.90. The molecule has 0 saturated carbocycles. The van der Waals surface area contributed by atoms with Crippen molar-refractivity contribution in [1.29, 1.82) is 0 Å². The van der Waals surface area contributed by atoms with Crippen molar-refractivity contribution in [2.45, 2.75) is 45.5 Å². The number of hydrogen-bond acceptors (Lipinski definition) is 7. The number of aromatic nitrogens is 4. The lowest BCUT2D eigenvalue weighted by Crippen LogP contribution is -2.43. The molecule has 4 heterocycles. The molecule has 37 heavy (non-hydrogen) atoms. The number of alkyl halides is 3. The van der Waals surface area contributed by atoms with Gasteiger partial charge < -0.3 is 9.47 Å². The molecule has 13 heteroatoms. The number of ether oxygens (including phenoxy) is 2. The molecule has 0 spiro atoms. The van der Waals surface area contributed by atoms with Crippen molar-refractivity contribution in [2.24, 2.45) is 0 Å². The van der Waals surface area contributed by atoms with Crippen LogP contribution < -0.4 is 15.0 Å². The lowest BCUT2D eigenvalue weighted by Gasteiger charge is -2.32. The molecular weight excluding hydrogens is 493 g/mol. The summed E-state index contributed by atoms with van der Waals surface area (Å²) in [6.45, 7) is 7.15. The van der Waals surface area contributed by atoms with E-state index in [0.29, 0.717) is 11.1 Å². The summed E-state index contributed by atoms with van der Waals surface area (Å²) in [4.78, 5) is 35.1. The average molecular weight is 518 g/mol. The summed E-state index contributed by atoms with van der Waals surface area (Å²) in [5.41, 5.74) is -0.524. The van der Waals surface area contributed by atoms with Crippen LogP contribution in [0.5, 0.6) is 5.88 Å². The van der Waals surface area contributed by atoms with Crippen molar-refractivity contribution in [3.8, 4) is 17.0 Å². The van der Waals surface area contributed by atoms with E-state index in [1.54, 1.807) is 37.6 Å². The molecule has 1 aliphatic rings. The van der Waals surface area contributed by atoms with Crippen LogP contribution in [0.4, 0.5) is 29.6 Å². The minimum atomic E-state index is -4.66. The second-order valence-corrected chi connectivity index (χ2v) is 9.40. The number of anilines is 2. The molecule has 3 aromatic rings. The van der Waals surface area contributed by atoms with E-state index < -0.39 is 35.2 Å². The Morgan fingerprint density at radius 1 is 1.19 bits per heavy atom. The number of methoxy groups -OCH3 is 1. The van der Waals surface area contributed by atoms with Crippen LogP contribution in [0.3, 0.4) is 0 Å². The van der Waals surface area contributed by atoms with E-state index in [2.05, 4.69) is 20.4 Å². The van der Waals surface area contributed by atoms with Crippen LogP contribution in [-0.4, -0.2) is 51.0 Å². The first-order valence-electron chi connectivity index (χ1n) is 11.3. The van der Waals surface area contributed by atoms with Gasteiger partial charge in [0.25, 0.3) is 5.91 Å². The quantitative estimate of drug-likeness (QED) is 0.521. The summed E-state index contributed by atoms with van der Waals surface area (Å²) < 4.78 is 51.5. The van der Waals surface area contributed by atoms with Gasteiger partial charge in [-0.15, -0.1) is 0 Å². The Balaban J connectivity index is 1.68. The van der Waals surface area contributed by atoms with Crippen molar-refractivity contribution in [1.82, 2.24) is 19.7 Å². The monoisotopic (exact) mass is 518 g/mol. The lowest BCUT2D eigenvalue weighted by molar-refractivity contribution is -0.139. The maximum atomic E-state index is 13.6. The molecule has 2 amide bonds. The smallest absolute Gasteiger partial charge is 0.421 e. The Morgan fingerprint density at radius 3 is 2.57 bits per heavy atom. The fraction of sp³-hybridized carbons (Fsp3) is 0.375. The highest BCUT2D eigenvalue weighted by Crippen LogP contribution is 2.38. The molecule has 0 fully saturated rings. The number of fused-ring (bicyclic) bond motifs is 1. The van der Waals surface area contributed by atoms with Crippen molar-refractivity contribution >= 4 is 23.6 Å². The van der Waals surface area contributed by atoms with Crippen LogP contribution >= 0.6 is 0 Å². The van der Waals surface area contributed by atoms with E-state index in [1.165, 1.54) is 17.3 Å². The Morgan fingerprint density at radius 2 is 1.92 bits per heavy atom. The van der Waals surface area contributed by atoms with Crippen molar-refractivity contribution in [3.63, 3.8) is 0 Å².